The topological polar surface area (TPSA) is 84.1 Å². The zero-order chi connectivity index (χ0) is 13.4. The van der Waals surface area contributed by atoms with Crippen LogP contribution < -0.4 is 5.32 Å². The molecule has 0 unspecified atom stereocenters. The lowest BCUT2D eigenvalue weighted by molar-refractivity contribution is 0.191. The van der Waals surface area contributed by atoms with Gasteiger partial charge in [0.25, 0.3) is 0 Å². The SMILES string of the molecule is O[C@@H]1CN[C@@H](c2nc(-c3ncc(Br)cc3Br)no2)C1. The largest absolute Gasteiger partial charge is 0.392 e. The van der Waals surface area contributed by atoms with Crippen molar-refractivity contribution in [2.75, 3.05) is 6.54 Å². The predicted molar refractivity (Wildman–Crippen MR) is 74.3 cm³/mol. The third-order valence-electron chi connectivity index (χ3n) is 2.87. The third-order valence-corrected chi connectivity index (χ3v) is 3.91. The van der Waals surface area contributed by atoms with Gasteiger partial charge >= 0.3 is 0 Å². The fourth-order valence-corrected chi connectivity index (χ4v) is 3.12. The van der Waals surface area contributed by atoms with Gasteiger partial charge in [0.1, 0.15) is 5.69 Å². The number of aromatic nitrogens is 3. The van der Waals surface area contributed by atoms with Gasteiger partial charge in [-0.3, -0.25) is 4.98 Å². The van der Waals surface area contributed by atoms with Gasteiger partial charge in [0.05, 0.1) is 12.1 Å². The Bertz CT molecular complexity index is 604. The van der Waals surface area contributed by atoms with Crippen molar-refractivity contribution < 1.29 is 9.63 Å². The molecule has 1 aliphatic rings. The Morgan fingerprint density at radius 2 is 2.26 bits per heavy atom. The molecular formula is C11H10Br2N4O2. The van der Waals surface area contributed by atoms with Crippen molar-refractivity contribution in [3.05, 3.63) is 27.1 Å². The molecule has 0 saturated carbocycles. The molecule has 2 aromatic heterocycles. The third kappa shape index (κ3) is 2.71. The minimum absolute atomic E-state index is 0.0922. The molecule has 0 spiro atoms. The van der Waals surface area contributed by atoms with Gasteiger partial charge in [-0.1, -0.05) is 5.16 Å². The molecule has 8 heteroatoms. The van der Waals surface area contributed by atoms with E-state index in [0.29, 0.717) is 30.4 Å². The molecule has 1 aliphatic heterocycles. The Kier molecular flexibility index (Phi) is 3.66. The van der Waals surface area contributed by atoms with Crippen molar-refractivity contribution in [3.63, 3.8) is 0 Å². The first-order valence-electron chi connectivity index (χ1n) is 5.70. The number of nitrogens with zero attached hydrogens (tertiary/aromatic N) is 3. The van der Waals surface area contributed by atoms with E-state index in [1.165, 1.54) is 0 Å². The van der Waals surface area contributed by atoms with Crippen LogP contribution in [0.3, 0.4) is 0 Å². The highest BCUT2D eigenvalue weighted by molar-refractivity contribution is 9.11. The second-order valence-electron chi connectivity index (χ2n) is 4.29. The summed E-state index contributed by atoms with van der Waals surface area (Å²) < 4.78 is 6.88. The minimum Gasteiger partial charge on any atom is -0.392 e. The van der Waals surface area contributed by atoms with Crippen molar-refractivity contribution in [3.8, 4) is 11.5 Å². The maximum Gasteiger partial charge on any atom is 0.244 e. The maximum absolute atomic E-state index is 9.48. The van der Waals surface area contributed by atoms with E-state index in [1.54, 1.807) is 6.20 Å². The summed E-state index contributed by atoms with van der Waals surface area (Å²) in [7, 11) is 0. The molecule has 3 rings (SSSR count). The van der Waals surface area contributed by atoms with Crippen LogP contribution in [0, 0.1) is 0 Å². The number of β-amino-alcohol motifs (C(OH)–C–C–N with tert-alkyl or cyclic N) is 1. The number of nitrogens with one attached hydrogen (secondary N) is 1. The molecule has 2 aromatic rings. The van der Waals surface area contributed by atoms with Crippen LogP contribution in [0.2, 0.25) is 0 Å². The normalized spacial score (nSPS) is 22.9. The van der Waals surface area contributed by atoms with E-state index >= 15 is 0 Å². The first-order chi connectivity index (χ1) is 9.13. The molecule has 2 atom stereocenters. The number of rotatable bonds is 2. The zero-order valence-corrected chi connectivity index (χ0v) is 12.8. The van der Waals surface area contributed by atoms with Gasteiger partial charge in [-0.05, 0) is 44.3 Å². The second kappa shape index (κ2) is 5.28. The number of hydrogen-bond donors (Lipinski definition) is 2. The summed E-state index contributed by atoms with van der Waals surface area (Å²) in [4.78, 5) is 8.58. The molecule has 1 saturated heterocycles. The fourth-order valence-electron chi connectivity index (χ4n) is 1.96. The van der Waals surface area contributed by atoms with Gasteiger partial charge in [0.15, 0.2) is 0 Å². The van der Waals surface area contributed by atoms with E-state index in [9.17, 15) is 5.11 Å². The fraction of sp³-hybridized carbons (Fsp3) is 0.364. The molecule has 6 nitrogen and oxygen atoms in total. The average molecular weight is 390 g/mol. The van der Waals surface area contributed by atoms with Gasteiger partial charge in [-0.25, -0.2) is 0 Å². The van der Waals surface area contributed by atoms with Gasteiger partial charge in [0, 0.05) is 21.7 Å². The first kappa shape index (κ1) is 13.2. The molecule has 1 fully saturated rings. The Balaban J connectivity index is 1.88. The van der Waals surface area contributed by atoms with Crippen molar-refractivity contribution >= 4 is 31.9 Å². The van der Waals surface area contributed by atoms with Crippen LogP contribution in [0.25, 0.3) is 11.5 Å². The summed E-state index contributed by atoms with van der Waals surface area (Å²) in [5.74, 6) is 0.903. The Hall–Kier alpha value is -0.830. The highest BCUT2D eigenvalue weighted by atomic mass is 79.9. The van der Waals surface area contributed by atoms with E-state index in [-0.39, 0.29) is 12.1 Å². The standard InChI is InChI=1S/C11H10Br2N4O2/c12-5-1-7(13)9(15-3-5)10-16-11(19-17-10)8-2-6(18)4-14-8/h1,3,6,8,14,18H,2,4H2/t6-,8+/m0/s1. The number of aliphatic hydroxyl groups excluding tert-OH is 1. The predicted octanol–water partition coefficient (Wildman–Crippen LogP) is 2.05. The van der Waals surface area contributed by atoms with Crippen molar-refractivity contribution in [2.45, 2.75) is 18.6 Å². The molecular weight excluding hydrogens is 380 g/mol. The van der Waals surface area contributed by atoms with Crippen LogP contribution in [0.15, 0.2) is 25.7 Å². The Labute approximate surface area is 125 Å². The lowest BCUT2D eigenvalue weighted by Crippen LogP contribution is -2.15. The summed E-state index contributed by atoms with van der Waals surface area (Å²) in [6.45, 7) is 0.544. The quantitative estimate of drug-likeness (QED) is 0.817. The monoisotopic (exact) mass is 388 g/mol. The number of halogens is 2. The van der Waals surface area contributed by atoms with Crippen molar-refractivity contribution in [2.24, 2.45) is 0 Å². The van der Waals surface area contributed by atoms with Crippen LogP contribution in [-0.2, 0) is 0 Å². The van der Waals surface area contributed by atoms with E-state index in [0.717, 1.165) is 8.95 Å². The summed E-state index contributed by atoms with van der Waals surface area (Å²) in [5, 5.41) is 16.5. The highest BCUT2D eigenvalue weighted by Gasteiger charge is 2.28. The molecule has 0 amide bonds. The molecule has 3 heterocycles. The molecule has 0 bridgehead atoms. The van der Waals surface area contributed by atoms with Crippen LogP contribution in [0.1, 0.15) is 18.4 Å². The zero-order valence-electron chi connectivity index (χ0n) is 9.68. The number of aliphatic hydroxyl groups is 1. The summed E-state index contributed by atoms with van der Waals surface area (Å²) in [6.07, 6.45) is 1.89. The number of pyridine rings is 1. The second-order valence-corrected chi connectivity index (χ2v) is 6.06. The molecule has 2 N–H and O–H groups in total. The number of hydrogen-bond acceptors (Lipinski definition) is 6. The molecule has 0 aliphatic carbocycles. The van der Waals surface area contributed by atoms with Crippen LogP contribution in [0.4, 0.5) is 0 Å². The lowest BCUT2D eigenvalue weighted by atomic mass is 10.2. The summed E-state index contributed by atoms with van der Waals surface area (Å²) in [6, 6.07) is 1.78. The molecule has 0 radical (unpaired) electrons. The van der Waals surface area contributed by atoms with Gasteiger partial charge in [0.2, 0.25) is 11.7 Å². The lowest BCUT2D eigenvalue weighted by Gasteiger charge is -2.01. The van der Waals surface area contributed by atoms with Crippen LogP contribution in [-0.4, -0.2) is 32.9 Å². The molecule has 0 aromatic carbocycles. The summed E-state index contributed by atoms with van der Waals surface area (Å²) in [5.41, 5.74) is 0.622. The van der Waals surface area contributed by atoms with Gasteiger partial charge in [-0.15, -0.1) is 0 Å². The van der Waals surface area contributed by atoms with E-state index in [4.69, 9.17) is 4.52 Å². The van der Waals surface area contributed by atoms with E-state index in [1.807, 2.05) is 6.07 Å². The first-order valence-corrected chi connectivity index (χ1v) is 7.28. The Morgan fingerprint density at radius 1 is 1.42 bits per heavy atom. The maximum atomic E-state index is 9.48. The molecule has 19 heavy (non-hydrogen) atoms. The van der Waals surface area contributed by atoms with Crippen molar-refractivity contribution in [1.82, 2.24) is 20.4 Å². The highest BCUT2D eigenvalue weighted by Crippen LogP contribution is 2.28. The minimum atomic E-state index is -0.363. The average Bonchev–Trinajstić information content (AvgIpc) is 2.97. The van der Waals surface area contributed by atoms with Gasteiger partial charge < -0.3 is 14.9 Å². The van der Waals surface area contributed by atoms with Crippen LogP contribution in [0.5, 0.6) is 0 Å². The van der Waals surface area contributed by atoms with Crippen LogP contribution >= 0.6 is 31.9 Å². The smallest absolute Gasteiger partial charge is 0.244 e. The Morgan fingerprint density at radius 3 is 2.95 bits per heavy atom. The van der Waals surface area contributed by atoms with Gasteiger partial charge in [-0.2, -0.15) is 4.98 Å². The van der Waals surface area contributed by atoms with E-state index < -0.39 is 0 Å². The summed E-state index contributed by atoms with van der Waals surface area (Å²) >= 11 is 6.76. The molecule has 100 valence electrons. The van der Waals surface area contributed by atoms with E-state index in [2.05, 4.69) is 52.3 Å². The van der Waals surface area contributed by atoms with Crippen molar-refractivity contribution in [1.29, 1.82) is 0 Å².